The van der Waals surface area contributed by atoms with E-state index in [2.05, 4.69) is 13.8 Å². The number of hydrogen-bond acceptors (Lipinski definition) is 3. The molecular weight excluding hydrogens is 280 g/mol. The molecule has 4 nitrogen and oxygen atoms in total. The van der Waals surface area contributed by atoms with E-state index in [1.165, 1.54) is 0 Å². The Bertz CT molecular complexity index is 571. The fraction of sp³-hybridized carbons (Fsp3) is 0.611. The van der Waals surface area contributed by atoms with E-state index in [4.69, 9.17) is 9.47 Å². The Morgan fingerprint density at radius 3 is 2.45 bits per heavy atom. The van der Waals surface area contributed by atoms with Crippen LogP contribution in [0.4, 0.5) is 0 Å². The first-order valence-corrected chi connectivity index (χ1v) is 7.79. The second-order valence-electron chi connectivity index (χ2n) is 6.80. The summed E-state index contributed by atoms with van der Waals surface area (Å²) in [6.07, 6.45) is 1.35. The quantitative estimate of drug-likeness (QED) is 0.838. The molecule has 1 aliphatic carbocycles. The number of aliphatic carboxylic acids is 1. The van der Waals surface area contributed by atoms with Crippen LogP contribution in [-0.2, 0) is 20.4 Å². The molecule has 0 spiro atoms. The number of carboxylic acid groups (broad SMARTS) is 1. The summed E-state index contributed by atoms with van der Waals surface area (Å²) in [6, 6.07) is 4.01. The van der Waals surface area contributed by atoms with Crippen molar-refractivity contribution >= 4 is 5.97 Å². The maximum absolute atomic E-state index is 11.7. The van der Waals surface area contributed by atoms with Gasteiger partial charge in [-0.25, -0.2) is 0 Å². The molecule has 2 rings (SSSR count). The SMILES string of the molecule is CCOc1cc(C)c(C(C)(C)COC)cc1C1(C(=O)O)CC1. The molecule has 0 heterocycles. The second kappa shape index (κ2) is 5.92. The van der Waals surface area contributed by atoms with Crippen LogP contribution in [-0.4, -0.2) is 31.4 Å². The van der Waals surface area contributed by atoms with Crippen molar-refractivity contribution in [3.63, 3.8) is 0 Å². The number of methoxy groups -OCH3 is 1. The van der Waals surface area contributed by atoms with Crippen LogP contribution in [0.2, 0.25) is 0 Å². The number of carboxylic acids is 1. The van der Waals surface area contributed by atoms with E-state index in [9.17, 15) is 9.90 Å². The Labute approximate surface area is 132 Å². The highest BCUT2D eigenvalue weighted by molar-refractivity contribution is 5.86. The van der Waals surface area contributed by atoms with Crippen LogP contribution in [0.1, 0.15) is 50.3 Å². The van der Waals surface area contributed by atoms with Gasteiger partial charge in [0.2, 0.25) is 0 Å². The molecule has 0 saturated heterocycles. The topological polar surface area (TPSA) is 55.8 Å². The predicted octanol–water partition coefficient (Wildman–Crippen LogP) is 3.43. The highest BCUT2D eigenvalue weighted by Crippen LogP contribution is 2.52. The van der Waals surface area contributed by atoms with Gasteiger partial charge in [-0.3, -0.25) is 4.79 Å². The zero-order chi connectivity index (χ0) is 16.5. The minimum Gasteiger partial charge on any atom is -0.494 e. The number of aryl methyl sites for hydroxylation is 1. The average molecular weight is 306 g/mol. The van der Waals surface area contributed by atoms with Gasteiger partial charge >= 0.3 is 5.97 Å². The fourth-order valence-electron chi connectivity index (χ4n) is 3.22. The molecule has 122 valence electrons. The smallest absolute Gasteiger partial charge is 0.314 e. The van der Waals surface area contributed by atoms with Crippen molar-refractivity contribution in [1.82, 2.24) is 0 Å². The normalized spacial score (nSPS) is 16.4. The summed E-state index contributed by atoms with van der Waals surface area (Å²) >= 11 is 0. The van der Waals surface area contributed by atoms with Gasteiger partial charge < -0.3 is 14.6 Å². The summed E-state index contributed by atoms with van der Waals surface area (Å²) < 4.78 is 11.1. The highest BCUT2D eigenvalue weighted by Gasteiger charge is 2.53. The van der Waals surface area contributed by atoms with E-state index in [1.807, 2.05) is 26.0 Å². The van der Waals surface area contributed by atoms with E-state index < -0.39 is 11.4 Å². The number of rotatable bonds is 7. The first-order chi connectivity index (χ1) is 10.3. The third-order valence-corrected chi connectivity index (χ3v) is 4.54. The lowest BCUT2D eigenvalue weighted by Crippen LogP contribution is -2.27. The number of ether oxygens (including phenoxy) is 2. The van der Waals surface area contributed by atoms with Crippen LogP contribution < -0.4 is 4.74 Å². The van der Waals surface area contributed by atoms with Crippen molar-refractivity contribution in [2.24, 2.45) is 0 Å². The van der Waals surface area contributed by atoms with E-state index in [0.29, 0.717) is 31.8 Å². The van der Waals surface area contributed by atoms with E-state index in [1.54, 1.807) is 7.11 Å². The van der Waals surface area contributed by atoms with Crippen molar-refractivity contribution in [2.45, 2.75) is 51.4 Å². The maximum atomic E-state index is 11.7. The molecule has 0 aliphatic heterocycles. The van der Waals surface area contributed by atoms with Gasteiger partial charge in [0.05, 0.1) is 18.6 Å². The highest BCUT2D eigenvalue weighted by atomic mass is 16.5. The molecule has 1 aromatic carbocycles. The molecule has 0 amide bonds. The Morgan fingerprint density at radius 1 is 1.36 bits per heavy atom. The lowest BCUT2D eigenvalue weighted by molar-refractivity contribution is -0.140. The third kappa shape index (κ3) is 2.84. The molecule has 0 atom stereocenters. The second-order valence-corrected chi connectivity index (χ2v) is 6.80. The van der Waals surface area contributed by atoms with E-state index >= 15 is 0 Å². The van der Waals surface area contributed by atoms with Crippen molar-refractivity contribution in [3.8, 4) is 5.75 Å². The Hall–Kier alpha value is -1.55. The lowest BCUT2D eigenvalue weighted by atomic mass is 9.79. The van der Waals surface area contributed by atoms with E-state index in [0.717, 1.165) is 16.7 Å². The van der Waals surface area contributed by atoms with Crippen LogP contribution >= 0.6 is 0 Å². The standard InChI is InChI=1S/C18H26O4/c1-6-22-15-9-12(2)13(17(3,4)11-21-5)10-14(15)18(7-8-18)16(19)20/h9-10H,6-8,11H2,1-5H3,(H,19,20). The van der Waals surface area contributed by atoms with Gasteiger partial charge in [0, 0.05) is 18.1 Å². The molecule has 0 radical (unpaired) electrons. The molecule has 1 fully saturated rings. The molecular formula is C18H26O4. The zero-order valence-electron chi connectivity index (χ0n) is 14.2. The lowest BCUT2D eigenvalue weighted by Gasteiger charge is -2.29. The summed E-state index contributed by atoms with van der Waals surface area (Å²) in [5.41, 5.74) is 2.10. The summed E-state index contributed by atoms with van der Waals surface area (Å²) in [5, 5.41) is 9.64. The van der Waals surface area contributed by atoms with Crippen molar-refractivity contribution in [3.05, 3.63) is 28.8 Å². The number of carbonyl (C=O) groups is 1. The largest absolute Gasteiger partial charge is 0.494 e. The molecule has 1 aliphatic rings. The number of benzene rings is 1. The molecule has 0 unspecified atom stereocenters. The van der Waals surface area contributed by atoms with Gasteiger partial charge in [-0.2, -0.15) is 0 Å². The Balaban J connectivity index is 2.58. The van der Waals surface area contributed by atoms with Gasteiger partial charge in [0.25, 0.3) is 0 Å². The zero-order valence-corrected chi connectivity index (χ0v) is 14.2. The fourth-order valence-corrected chi connectivity index (χ4v) is 3.22. The first kappa shape index (κ1) is 16.8. The average Bonchev–Trinajstić information content (AvgIpc) is 3.20. The van der Waals surface area contributed by atoms with Crippen LogP contribution in [0.5, 0.6) is 5.75 Å². The van der Waals surface area contributed by atoms with Gasteiger partial charge in [0.15, 0.2) is 0 Å². The van der Waals surface area contributed by atoms with E-state index in [-0.39, 0.29) is 5.41 Å². The predicted molar refractivity (Wildman–Crippen MR) is 85.8 cm³/mol. The Kier molecular flexibility index (Phi) is 4.52. The summed E-state index contributed by atoms with van der Waals surface area (Å²) in [5.74, 6) is -0.0512. The molecule has 0 aromatic heterocycles. The summed E-state index contributed by atoms with van der Waals surface area (Å²) in [6.45, 7) is 9.30. The molecule has 0 bridgehead atoms. The van der Waals surface area contributed by atoms with Crippen molar-refractivity contribution in [1.29, 1.82) is 0 Å². The monoisotopic (exact) mass is 306 g/mol. The Morgan fingerprint density at radius 2 is 2.00 bits per heavy atom. The van der Waals surface area contributed by atoms with Crippen molar-refractivity contribution < 1.29 is 19.4 Å². The van der Waals surface area contributed by atoms with Gasteiger partial charge in [-0.05, 0) is 43.9 Å². The van der Waals surface area contributed by atoms with Crippen LogP contribution in [0, 0.1) is 6.92 Å². The number of hydrogen-bond donors (Lipinski definition) is 1. The molecule has 4 heteroatoms. The van der Waals surface area contributed by atoms with Crippen LogP contribution in [0.15, 0.2) is 12.1 Å². The first-order valence-electron chi connectivity index (χ1n) is 7.79. The maximum Gasteiger partial charge on any atom is 0.314 e. The van der Waals surface area contributed by atoms with Crippen LogP contribution in [0.25, 0.3) is 0 Å². The molecule has 1 aromatic rings. The molecule has 1 N–H and O–H groups in total. The van der Waals surface area contributed by atoms with Gasteiger partial charge in [-0.15, -0.1) is 0 Å². The minimum atomic E-state index is -0.768. The third-order valence-electron chi connectivity index (χ3n) is 4.54. The summed E-state index contributed by atoms with van der Waals surface area (Å²) in [7, 11) is 1.69. The van der Waals surface area contributed by atoms with Gasteiger partial charge in [0.1, 0.15) is 5.75 Å². The molecule has 1 saturated carbocycles. The van der Waals surface area contributed by atoms with Crippen LogP contribution in [0.3, 0.4) is 0 Å². The van der Waals surface area contributed by atoms with Crippen molar-refractivity contribution in [2.75, 3.05) is 20.3 Å². The molecule has 22 heavy (non-hydrogen) atoms. The summed E-state index contributed by atoms with van der Waals surface area (Å²) in [4.78, 5) is 11.7. The minimum absolute atomic E-state index is 0.174. The van der Waals surface area contributed by atoms with Gasteiger partial charge in [-0.1, -0.05) is 19.9 Å².